The van der Waals surface area contributed by atoms with Crippen LogP contribution in [0.25, 0.3) is 10.9 Å². The Hall–Kier alpha value is -1.99. The van der Waals surface area contributed by atoms with Gasteiger partial charge in [-0.05, 0) is 31.4 Å². The summed E-state index contributed by atoms with van der Waals surface area (Å²) in [6.07, 6.45) is 4.20. The van der Waals surface area contributed by atoms with E-state index in [0.717, 1.165) is 12.8 Å². The van der Waals surface area contributed by atoms with E-state index in [9.17, 15) is 13.6 Å². The lowest BCUT2D eigenvalue weighted by atomic mass is 10.0. The van der Waals surface area contributed by atoms with Gasteiger partial charge in [-0.1, -0.05) is 0 Å². The van der Waals surface area contributed by atoms with E-state index in [1.807, 2.05) is 0 Å². The van der Waals surface area contributed by atoms with Crippen LogP contribution >= 0.6 is 0 Å². The molecule has 2 heterocycles. The number of hydrogen-bond acceptors (Lipinski definition) is 4. The molecule has 1 fully saturated rings. The van der Waals surface area contributed by atoms with Crippen molar-refractivity contribution < 1.29 is 18.3 Å². The molecule has 5 nitrogen and oxygen atoms in total. The fourth-order valence-corrected chi connectivity index (χ4v) is 3.07. The van der Waals surface area contributed by atoms with E-state index in [2.05, 4.69) is 10.4 Å². The first kappa shape index (κ1) is 15.9. The quantitative estimate of drug-likeness (QED) is 0.849. The highest BCUT2D eigenvalue weighted by Gasteiger charge is 2.29. The number of methoxy groups -OCH3 is 1. The number of H-pyrrole nitrogens is 1. The van der Waals surface area contributed by atoms with Crippen LogP contribution in [0.15, 0.2) is 18.3 Å². The Morgan fingerprint density at radius 1 is 1.48 bits per heavy atom. The largest absolute Gasteiger partial charge is 0.468 e. The molecule has 1 aromatic heterocycles. The van der Waals surface area contributed by atoms with Crippen LogP contribution in [0.5, 0.6) is 0 Å². The number of carbonyl (C=O) groups is 1. The predicted molar refractivity (Wildman–Crippen MR) is 81.4 cm³/mol. The van der Waals surface area contributed by atoms with Gasteiger partial charge in [0.05, 0.1) is 12.6 Å². The minimum absolute atomic E-state index is 0.0914. The average molecular weight is 323 g/mol. The molecule has 0 radical (unpaired) electrons. The Morgan fingerprint density at radius 2 is 2.30 bits per heavy atom. The molecule has 1 aliphatic heterocycles. The minimum atomic E-state index is -0.878. The number of aromatic amines is 1. The van der Waals surface area contributed by atoms with E-state index in [4.69, 9.17) is 4.74 Å². The molecule has 0 saturated carbocycles. The zero-order chi connectivity index (χ0) is 16.4. The molecule has 7 heteroatoms. The first-order valence-electron chi connectivity index (χ1n) is 7.63. The first-order valence-corrected chi connectivity index (χ1v) is 7.63. The van der Waals surface area contributed by atoms with Gasteiger partial charge in [-0.3, -0.25) is 4.79 Å². The topological polar surface area (TPSA) is 57.4 Å². The highest BCUT2D eigenvalue weighted by atomic mass is 19.2. The van der Waals surface area contributed by atoms with Crippen molar-refractivity contribution in [2.45, 2.75) is 31.8 Å². The van der Waals surface area contributed by atoms with E-state index in [1.54, 1.807) is 17.3 Å². The van der Waals surface area contributed by atoms with Gasteiger partial charge in [-0.15, -0.1) is 0 Å². The lowest BCUT2D eigenvalue weighted by Gasteiger charge is -2.34. The van der Waals surface area contributed by atoms with E-state index < -0.39 is 17.7 Å². The molecule has 1 atom stereocenters. The second-order valence-corrected chi connectivity index (χ2v) is 5.66. The summed E-state index contributed by atoms with van der Waals surface area (Å²) in [6.45, 7) is 0.749. The number of hydrogen-bond donors (Lipinski definition) is 2. The number of fused-ring (bicyclic) bond motifs is 1. The average Bonchev–Trinajstić information content (AvgIpc) is 3.02. The normalized spacial score (nSPS) is 19.2. The Labute approximate surface area is 132 Å². The number of benzene rings is 1. The summed E-state index contributed by atoms with van der Waals surface area (Å²) in [6, 6.07) is 2.46. The van der Waals surface area contributed by atoms with Crippen molar-refractivity contribution in [3.05, 3.63) is 35.5 Å². The number of ether oxygens (including phenoxy) is 1. The molecule has 1 aromatic carbocycles. The zero-order valence-electron chi connectivity index (χ0n) is 12.9. The van der Waals surface area contributed by atoms with Crippen molar-refractivity contribution in [1.82, 2.24) is 15.4 Å². The maximum atomic E-state index is 14.1. The highest BCUT2D eigenvalue weighted by Crippen LogP contribution is 2.24. The number of nitrogens with one attached hydrogen (secondary N) is 2. The van der Waals surface area contributed by atoms with Crippen molar-refractivity contribution in [3.8, 4) is 0 Å². The summed E-state index contributed by atoms with van der Waals surface area (Å²) in [5.41, 5.74) is 3.84. The van der Waals surface area contributed by atoms with Crippen LogP contribution in [0.1, 0.15) is 24.8 Å². The van der Waals surface area contributed by atoms with Crippen LogP contribution < -0.4 is 5.43 Å². The first-order chi connectivity index (χ1) is 11.1. The van der Waals surface area contributed by atoms with E-state index >= 15 is 0 Å². The van der Waals surface area contributed by atoms with Gasteiger partial charge in [0.1, 0.15) is 6.04 Å². The van der Waals surface area contributed by atoms with Crippen LogP contribution in [-0.2, 0) is 16.1 Å². The molecular formula is C16H19F2N3O2. The molecule has 0 amide bonds. The predicted octanol–water partition coefficient (Wildman–Crippen LogP) is 2.48. The number of esters is 1. The van der Waals surface area contributed by atoms with Crippen molar-refractivity contribution >= 4 is 16.9 Å². The van der Waals surface area contributed by atoms with Crippen LogP contribution in [0.3, 0.4) is 0 Å². The van der Waals surface area contributed by atoms with Crippen LogP contribution in [0.4, 0.5) is 8.78 Å². The lowest BCUT2D eigenvalue weighted by Crippen LogP contribution is -2.52. The van der Waals surface area contributed by atoms with Crippen LogP contribution in [-0.4, -0.2) is 35.7 Å². The van der Waals surface area contributed by atoms with Crippen LogP contribution in [0, 0.1) is 11.6 Å². The molecule has 0 spiro atoms. The molecule has 2 N–H and O–H groups in total. The summed E-state index contributed by atoms with van der Waals surface area (Å²) in [7, 11) is 1.35. The van der Waals surface area contributed by atoms with Crippen molar-refractivity contribution in [1.29, 1.82) is 0 Å². The third kappa shape index (κ3) is 3.07. The fraction of sp³-hybridized carbons (Fsp3) is 0.438. The number of aromatic nitrogens is 1. The summed E-state index contributed by atoms with van der Waals surface area (Å²) < 4.78 is 32.7. The second kappa shape index (κ2) is 6.64. The van der Waals surface area contributed by atoms with Gasteiger partial charge < -0.3 is 9.72 Å². The number of hydrazine groups is 1. The molecular weight excluding hydrogens is 304 g/mol. The van der Waals surface area contributed by atoms with E-state index in [0.29, 0.717) is 23.9 Å². The summed E-state index contributed by atoms with van der Waals surface area (Å²) in [5, 5.41) is 2.37. The highest BCUT2D eigenvalue weighted by molar-refractivity contribution is 5.82. The smallest absolute Gasteiger partial charge is 0.324 e. The second-order valence-electron chi connectivity index (χ2n) is 5.66. The maximum absolute atomic E-state index is 14.1. The number of carbonyl (C=O) groups excluding carboxylic acids is 1. The third-order valence-corrected chi connectivity index (χ3v) is 4.27. The maximum Gasteiger partial charge on any atom is 0.324 e. The Kier molecular flexibility index (Phi) is 4.58. The van der Waals surface area contributed by atoms with Gasteiger partial charge in [0, 0.05) is 30.2 Å². The molecule has 0 aliphatic carbocycles. The van der Waals surface area contributed by atoms with Crippen molar-refractivity contribution in [3.63, 3.8) is 0 Å². The Bertz CT molecular complexity index is 717. The molecule has 124 valence electrons. The molecule has 1 aliphatic rings. The van der Waals surface area contributed by atoms with E-state index in [1.165, 1.54) is 13.2 Å². The van der Waals surface area contributed by atoms with E-state index in [-0.39, 0.29) is 18.1 Å². The van der Waals surface area contributed by atoms with Crippen molar-refractivity contribution in [2.75, 3.05) is 13.7 Å². The number of piperidine rings is 1. The summed E-state index contributed by atoms with van der Waals surface area (Å²) >= 11 is 0. The number of nitrogens with zero attached hydrogens (tertiary/aromatic N) is 1. The molecule has 0 bridgehead atoms. The zero-order valence-corrected chi connectivity index (χ0v) is 12.9. The molecule has 1 saturated heterocycles. The lowest BCUT2D eigenvalue weighted by molar-refractivity contribution is -0.150. The van der Waals surface area contributed by atoms with Gasteiger partial charge in [-0.25, -0.2) is 19.2 Å². The monoisotopic (exact) mass is 323 g/mol. The van der Waals surface area contributed by atoms with Gasteiger partial charge in [0.25, 0.3) is 0 Å². The van der Waals surface area contributed by atoms with Gasteiger partial charge in [0.15, 0.2) is 11.6 Å². The minimum Gasteiger partial charge on any atom is -0.468 e. The standard InChI is InChI=1S/C16H19F2N3O2/c1-23-16(22)13-4-2-3-7-21(13)20-9-11-14(18)12(17)8-10-5-6-19-15(10)11/h5-6,8,13,19-20H,2-4,7,9H2,1H3/t13-/m0/s1. The SMILES string of the molecule is COC(=O)[C@@H]1CCCCN1NCc1c(F)c(F)cc2cc[nH]c12. The Morgan fingerprint density at radius 3 is 3.09 bits per heavy atom. The number of rotatable bonds is 4. The molecule has 23 heavy (non-hydrogen) atoms. The number of halogens is 2. The third-order valence-electron chi connectivity index (χ3n) is 4.27. The van der Waals surface area contributed by atoms with Gasteiger partial charge in [-0.2, -0.15) is 0 Å². The Balaban J connectivity index is 1.81. The molecule has 3 rings (SSSR count). The van der Waals surface area contributed by atoms with Gasteiger partial charge >= 0.3 is 5.97 Å². The fourth-order valence-electron chi connectivity index (χ4n) is 3.07. The van der Waals surface area contributed by atoms with Crippen molar-refractivity contribution in [2.24, 2.45) is 0 Å². The van der Waals surface area contributed by atoms with Crippen LogP contribution in [0.2, 0.25) is 0 Å². The summed E-state index contributed by atoms with van der Waals surface area (Å²) in [4.78, 5) is 14.8. The molecule has 2 aromatic rings. The summed E-state index contributed by atoms with van der Waals surface area (Å²) in [5.74, 6) is -2.07. The molecule has 0 unspecified atom stereocenters. The van der Waals surface area contributed by atoms with Gasteiger partial charge in [0.2, 0.25) is 0 Å².